The van der Waals surface area contributed by atoms with E-state index in [9.17, 15) is 9.59 Å². The number of likely N-dealkylation sites (N-methyl/N-ethyl adjacent to an activating group) is 1. The number of para-hydroxylation sites is 1. The van der Waals surface area contributed by atoms with Crippen molar-refractivity contribution >= 4 is 29.3 Å². The van der Waals surface area contributed by atoms with Crippen molar-refractivity contribution in [3.8, 4) is 5.75 Å². The molecule has 4 rings (SSSR count). The number of ether oxygens (including phenoxy) is 4. The summed E-state index contributed by atoms with van der Waals surface area (Å²) < 4.78 is 21.9. The largest absolute Gasteiger partial charge is 0.497 e. The van der Waals surface area contributed by atoms with Gasteiger partial charge in [-0.1, -0.05) is 24.3 Å². The van der Waals surface area contributed by atoms with Gasteiger partial charge in [-0.15, -0.1) is 11.8 Å². The van der Waals surface area contributed by atoms with Crippen LogP contribution >= 0.6 is 11.8 Å². The Labute approximate surface area is 235 Å². The van der Waals surface area contributed by atoms with E-state index in [4.69, 9.17) is 18.9 Å². The molecule has 39 heavy (non-hydrogen) atoms. The van der Waals surface area contributed by atoms with E-state index >= 15 is 0 Å². The van der Waals surface area contributed by atoms with Gasteiger partial charge in [0.25, 0.3) is 5.91 Å². The van der Waals surface area contributed by atoms with Gasteiger partial charge in [-0.3, -0.25) is 9.69 Å². The molecule has 212 valence electrons. The zero-order chi connectivity index (χ0) is 27.6. The molecule has 2 aliphatic rings. The fraction of sp³-hybridized carbons (Fsp3) is 0.517. The van der Waals surface area contributed by atoms with Crippen molar-refractivity contribution in [1.29, 1.82) is 0 Å². The maximum Gasteiger partial charge on any atom is 0.332 e. The zero-order valence-electron chi connectivity index (χ0n) is 23.0. The monoisotopic (exact) mass is 557 g/mol. The first-order valence-electron chi connectivity index (χ1n) is 13.5. The summed E-state index contributed by atoms with van der Waals surface area (Å²) in [6.07, 6.45) is -0.876. The molecule has 1 saturated heterocycles. The first kappa shape index (κ1) is 29.4. The number of fused-ring (bicyclic) bond motifs is 1. The van der Waals surface area contributed by atoms with E-state index in [-0.39, 0.29) is 24.4 Å². The van der Waals surface area contributed by atoms with E-state index < -0.39 is 12.1 Å². The predicted molar refractivity (Wildman–Crippen MR) is 152 cm³/mol. The first-order valence-corrected chi connectivity index (χ1v) is 14.3. The fourth-order valence-electron chi connectivity index (χ4n) is 4.69. The van der Waals surface area contributed by atoms with Gasteiger partial charge in [0, 0.05) is 44.2 Å². The number of carbonyl (C=O) groups excluding carboxylic acids is 2. The molecule has 0 unspecified atom stereocenters. The van der Waals surface area contributed by atoms with Crippen LogP contribution in [0.4, 0.5) is 5.69 Å². The summed E-state index contributed by atoms with van der Waals surface area (Å²) in [5, 5.41) is -0.358. The number of anilines is 1. The molecule has 0 saturated carbocycles. The lowest BCUT2D eigenvalue weighted by Crippen LogP contribution is -2.46. The van der Waals surface area contributed by atoms with Gasteiger partial charge in [-0.25, -0.2) is 4.79 Å². The summed E-state index contributed by atoms with van der Waals surface area (Å²) in [6.45, 7) is 8.25. The van der Waals surface area contributed by atoms with Crippen LogP contribution in [-0.2, 0) is 23.8 Å². The second-order valence-corrected chi connectivity index (χ2v) is 10.7. The summed E-state index contributed by atoms with van der Waals surface area (Å²) in [6, 6.07) is 15.6. The van der Waals surface area contributed by atoms with Crippen LogP contribution in [0.25, 0.3) is 0 Å². The minimum atomic E-state index is -0.876. The van der Waals surface area contributed by atoms with Crippen LogP contribution in [0.5, 0.6) is 5.75 Å². The van der Waals surface area contributed by atoms with Crippen molar-refractivity contribution in [1.82, 2.24) is 9.80 Å². The third kappa shape index (κ3) is 7.95. The molecular formula is C29H39N3O6S. The summed E-state index contributed by atoms with van der Waals surface area (Å²) in [5.74, 6) is 0.0777. The highest BCUT2D eigenvalue weighted by Crippen LogP contribution is 2.46. The standard InChI is InChI=1S/C29H39N3O6S/c1-4-37-26(33)21-38-27-28(22-9-11-23(35-3)12-10-22)39-25-8-6-5-7-24(25)32(29(27)34)16-14-30(2)13-15-31-17-19-36-20-18-31/h5-12,27-28H,4,13-21H2,1-3H3/t27-,28+/m0/s1. The Balaban J connectivity index is 1.55. The molecule has 2 aromatic carbocycles. The quantitative estimate of drug-likeness (QED) is 0.366. The van der Waals surface area contributed by atoms with E-state index in [0.29, 0.717) is 13.1 Å². The molecule has 9 nitrogen and oxygen atoms in total. The average Bonchev–Trinajstić information content (AvgIpc) is 3.08. The number of rotatable bonds is 12. The summed E-state index contributed by atoms with van der Waals surface area (Å²) in [5.41, 5.74) is 1.78. The number of thioether (sulfide) groups is 1. The Morgan fingerprint density at radius 2 is 1.79 bits per heavy atom. The summed E-state index contributed by atoms with van der Waals surface area (Å²) in [7, 11) is 3.70. The molecule has 0 radical (unpaired) electrons. The van der Waals surface area contributed by atoms with Gasteiger partial charge < -0.3 is 28.7 Å². The molecule has 1 fully saturated rings. The molecule has 2 atom stereocenters. The van der Waals surface area contributed by atoms with E-state index in [1.165, 1.54) is 0 Å². The van der Waals surface area contributed by atoms with E-state index in [0.717, 1.165) is 61.3 Å². The number of morpholine rings is 1. The van der Waals surface area contributed by atoms with E-state index in [1.54, 1.807) is 25.8 Å². The number of amides is 1. The predicted octanol–water partition coefficient (Wildman–Crippen LogP) is 3.09. The molecule has 0 bridgehead atoms. The maximum absolute atomic E-state index is 14.2. The number of benzene rings is 2. The van der Waals surface area contributed by atoms with E-state index in [2.05, 4.69) is 16.8 Å². The van der Waals surface area contributed by atoms with Crippen LogP contribution < -0.4 is 9.64 Å². The van der Waals surface area contributed by atoms with Crippen molar-refractivity contribution in [2.45, 2.75) is 23.2 Å². The normalized spacial score (nSPS) is 20.0. The first-order chi connectivity index (χ1) is 19.0. The molecule has 0 N–H and O–H groups in total. The molecule has 2 aromatic rings. The minimum Gasteiger partial charge on any atom is -0.497 e. The van der Waals surface area contributed by atoms with Gasteiger partial charge >= 0.3 is 5.97 Å². The fourth-order valence-corrected chi connectivity index (χ4v) is 6.03. The second-order valence-electron chi connectivity index (χ2n) is 9.56. The van der Waals surface area contributed by atoms with Crippen LogP contribution in [0, 0.1) is 0 Å². The van der Waals surface area contributed by atoms with Crippen molar-refractivity contribution < 1.29 is 28.5 Å². The number of carbonyl (C=O) groups is 2. The molecule has 0 spiro atoms. The Hall–Kier alpha value is -2.63. The van der Waals surface area contributed by atoms with Crippen LogP contribution in [0.15, 0.2) is 53.4 Å². The maximum atomic E-state index is 14.2. The SMILES string of the molecule is CCOC(=O)CO[C@@H]1C(=O)N(CCN(C)CCN2CCOCC2)c2ccccc2S[C@@H]1c1ccc(OC)cc1. The van der Waals surface area contributed by atoms with Gasteiger partial charge in [0.15, 0.2) is 6.10 Å². The Morgan fingerprint density at radius 3 is 2.51 bits per heavy atom. The number of nitrogens with zero attached hydrogens (tertiary/aromatic N) is 3. The number of esters is 1. The van der Waals surface area contributed by atoms with Gasteiger partial charge in [0.05, 0.1) is 37.9 Å². The number of methoxy groups -OCH3 is 1. The molecule has 1 amide bonds. The lowest BCUT2D eigenvalue weighted by molar-refractivity contribution is -0.152. The van der Waals surface area contributed by atoms with Gasteiger partial charge in [0.2, 0.25) is 0 Å². The molecule has 2 aliphatic heterocycles. The van der Waals surface area contributed by atoms with Crippen LogP contribution in [-0.4, -0.2) is 108 Å². The zero-order valence-corrected chi connectivity index (χ0v) is 23.9. The average molecular weight is 558 g/mol. The third-order valence-electron chi connectivity index (χ3n) is 6.93. The second kappa shape index (κ2) is 14.7. The Kier molecular flexibility index (Phi) is 11.0. The molecule has 0 aromatic heterocycles. The summed E-state index contributed by atoms with van der Waals surface area (Å²) >= 11 is 1.58. The third-order valence-corrected chi connectivity index (χ3v) is 8.30. The van der Waals surface area contributed by atoms with E-state index in [1.807, 2.05) is 53.4 Å². The van der Waals surface area contributed by atoms with Gasteiger partial charge in [-0.05, 0) is 43.8 Å². The highest BCUT2D eigenvalue weighted by molar-refractivity contribution is 7.99. The number of hydrogen-bond donors (Lipinski definition) is 0. The highest BCUT2D eigenvalue weighted by atomic mass is 32.2. The highest BCUT2D eigenvalue weighted by Gasteiger charge is 2.39. The minimum absolute atomic E-state index is 0.167. The molecule has 0 aliphatic carbocycles. The van der Waals surface area contributed by atoms with Crippen LogP contribution in [0.2, 0.25) is 0 Å². The van der Waals surface area contributed by atoms with Crippen LogP contribution in [0.1, 0.15) is 17.7 Å². The molecule has 2 heterocycles. The van der Waals surface area contributed by atoms with Crippen molar-refractivity contribution in [2.24, 2.45) is 0 Å². The molecule has 10 heteroatoms. The smallest absolute Gasteiger partial charge is 0.332 e. The lowest BCUT2D eigenvalue weighted by Gasteiger charge is -2.31. The van der Waals surface area contributed by atoms with Crippen molar-refractivity contribution in [3.63, 3.8) is 0 Å². The van der Waals surface area contributed by atoms with Crippen LogP contribution in [0.3, 0.4) is 0 Å². The van der Waals surface area contributed by atoms with Gasteiger partial charge in [-0.2, -0.15) is 0 Å². The van der Waals surface area contributed by atoms with Crippen molar-refractivity contribution in [2.75, 3.05) is 84.8 Å². The molecular weight excluding hydrogens is 518 g/mol. The Bertz CT molecular complexity index is 1080. The van der Waals surface area contributed by atoms with Gasteiger partial charge in [0.1, 0.15) is 12.4 Å². The Morgan fingerprint density at radius 1 is 1.08 bits per heavy atom. The lowest BCUT2D eigenvalue weighted by atomic mass is 10.1. The number of hydrogen-bond acceptors (Lipinski definition) is 9. The topological polar surface area (TPSA) is 80.8 Å². The summed E-state index contributed by atoms with van der Waals surface area (Å²) in [4.78, 5) is 33.8. The van der Waals surface area contributed by atoms with Crippen molar-refractivity contribution in [3.05, 3.63) is 54.1 Å².